The molecular weight excluding hydrogens is 344 g/mol. The molecule has 6 nitrogen and oxygen atoms in total. The number of benzene rings is 1. The number of carbonyl (C=O) groups is 1. The predicted molar refractivity (Wildman–Crippen MR) is 105 cm³/mol. The average Bonchev–Trinajstić information content (AvgIpc) is 2.65. The number of carbonyl (C=O) groups excluding carboxylic acids is 1. The predicted octanol–water partition coefficient (Wildman–Crippen LogP) is 3.79. The molecule has 2 heterocycles. The maximum absolute atomic E-state index is 13.0. The van der Waals surface area contributed by atoms with Gasteiger partial charge >= 0.3 is 5.97 Å². The van der Waals surface area contributed by atoms with Gasteiger partial charge in [-0.15, -0.1) is 0 Å². The first-order valence-electron chi connectivity index (χ1n) is 9.38. The molecule has 1 aromatic carbocycles. The van der Waals surface area contributed by atoms with E-state index < -0.39 is 11.6 Å². The van der Waals surface area contributed by atoms with Crippen LogP contribution in [0, 0.1) is 5.92 Å². The van der Waals surface area contributed by atoms with E-state index in [4.69, 9.17) is 14.2 Å². The molecular formula is C21H28N2O4. The molecule has 0 unspecified atom stereocenters. The fraction of sp³-hybridized carbons (Fsp3) is 0.524. The van der Waals surface area contributed by atoms with E-state index in [9.17, 15) is 4.79 Å². The number of methoxy groups -OCH3 is 1. The second-order valence-electron chi connectivity index (χ2n) is 7.82. The van der Waals surface area contributed by atoms with Gasteiger partial charge in [-0.05, 0) is 63.8 Å². The lowest BCUT2D eigenvalue weighted by Gasteiger charge is -2.32. The van der Waals surface area contributed by atoms with Gasteiger partial charge in [0.15, 0.2) is 0 Å². The van der Waals surface area contributed by atoms with Gasteiger partial charge < -0.3 is 19.5 Å². The maximum Gasteiger partial charge on any atom is 0.329 e. The van der Waals surface area contributed by atoms with E-state index in [2.05, 4.69) is 10.3 Å². The van der Waals surface area contributed by atoms with Crippen LogP contribution < -0.4 is 10.1 Å². The molecule has 1 aromatic heterocycles. The quantitative estimate of drug-likeness (QED) is 0.805. The third-order valence-corrected chi connectivity index (χ3v) is 4.66. The molecule has 1 aliphatic rings. The molecule has 0 radical (unpaired) electrons. The van der Waals surface area contributed by atoms with Crippen LogP contribution in [0.25, 0.3) is 10.9 Å². The highest BCUT2D eigenvalue weighted by Gasteiger charge is 2.33. The molecule has 1 aliphatic heterocycles. The van der Waals surface area contributed by atoms with Crippen molar-refractivity contribution in [1.82, 2.24) is 4.98 Å². The number of aromatic nitrogens is 1. The van der Waals surface area contributed by atoms with Crippen LogP contribution in [0.2, 0.25) is 0 Å². The molecule has 146 valence electrons. The Balaban J connectivity index is 1.94. The molecule has 27 heavy (non-hydrogen) atoms. The van der Waals surface area contributed by atoms with Crippen LogP contribution in [0.15, 0.2) is 30.5 Å². The minimum Gasteiger partial charge on any atom is -0.496 e. The summed E-state index contributed by atoms with van der Waals surface area (Å²) in [6, 6.07) is 7.18. The summed E-state index contributed by atoms with van der Waals surface area (Å²) in [6.45, 7) is 6.98. The van der Waals surface area contributed by atoms with E-state index in [0.29, 0.717) is 13.2 Å². The van der Waals surface area contributed by atoms with Gasteiger partial charge in [0.25, 0.3) is 0 Å². The second kappa shape index (κ2) is 8.13. The Kier molecular flexibility index (Phi) is 5.85. The molecule has 1 atom stereocenters. The Labute approximate surface area is 160 Å². The smallest absolute Gasteiger partial charge is 0.329 e. The van der Waals surface area contributed by atoms with Gasteiger partial charge in [0.1, 0.15) is 17.4 Å². The minimum absolute atomic E-state index is 0.148. The van der Waals surface area contributed by atoms with Crippen molar-refractivity contribution in [2.45, 2.75) is 45.3 Å². The average molecular weight is 372 g/mol. The summed E-state index contributed by atoms with van der Waals surface area (Å²) in [5, 5.41) is 4.32. The van der Waals surface area contributed by atoms with Gasteiger partial charge in [0.05, 0.1) is 18.3 Å². The van der Waals surface area contributed by atoms with Gasteiger partial charge in [-0.2, -0.15) is 0 Å². The van der Waals surface area contributed by atoms with Crippen LogP contribution in [-0.2, 0) is 14.3 Å². The summed E-state index contributed by atoms with van der Waals surface area (Å²) in [5.74, 6) is 0.660. The Morgan fingerprint density at radius 2 is 2.00 bits per heavy atom. The third kappa shape index (κ3) is 4.69. The zero-order chi connectivity index (χ0) is 19.4. The fourth-order valence-electron chi connectivity index (χ4n) is 3.39. The van der Waals surface area contributed by atoms with Crippen molar-refractivity contribution in [2.75, 3.05) is 25.6 Å². The number of pyridine rings is 1. The first kappa shape index (κ1) is 19.4. The van der Waals surface area contributed by atoms with Crippen LogP contribution in [0.4, 0.5) is 5.69 Å². The van der Waals surface area contributed by atoms with Crippen LogP contribution in [0.3, 0.4) is 0 Å². The molecule has 0 amide bonds. The van der Waals surface area contributed by atoms with Crippen molar-refractivity contribution >= 4 is 22.6 Å². The number of anilines is 1. The van der Waals surface area contributed by atoms with Gasteiger partial charge in [0.2, 0.25) is 0 Å². The van der Waals surface area contributed by atoms with Crippen molar-refractivity contribution in [2.24, 2.45) is 5.92 Å². The summed E-state index contributed by atoms with van der Waals surface area (Å²) < 4.78 is 16.6. The highest BCUT2D eigenvalue weighted by atomic mass is 16.6. The molecule has 2 aromatic rings. The number of esters is 1. The minimum atomic E-state index is -0.539. The van der Waals surface area contributed by atoms with Crippen molar-refractivity contribution < 1.29 is 19.0 Å². The van der Waals surface area contributed by atoms with Crippen molar-refractivity contribution in [1.29, 1.82) is 0 Å². The molecule has 0 aliphatic carbocycles. The van der Waals surface area contributed by atoms with Gasteiger partial charge in [-0.1, -0.05) is 0 Å². The topological polar surface area (TPSA) is 69.7 Å². The lowest BCUT2D eigenvalue weighted by Crippen LogP contribution is -2.43. The van der Waals surface area contributed by atoms with E-state index >= 15 is 0 Å². The Bertz CT molecular complexity index is 794. The van der Waals surface area contributed by atoms with E-state index in [1.165, 1.54) is 0 Å². The molecule has 6 heteroatoms. The number of nitrogens with one attached hydrogen (secondary N) is 1. The molecule has 1 fully saturated rings. The number of fused-ring (bicyclic) bond motifs is 1. The van der Waals surface area contributed by atoms with E-state index in [0.717, 1.165) is 35.2 Å². The Morgan fingerprint density at radius 1 is 1.26 bits per heavy atom. The first-order valence-corrected chi connectivity index (χ1v) is 9.38. The largest absolute Gasteiger partial charge is 0.496 e. The van der Waals surface area contributed by atoms with Crippen LogP contribution in [0.5, 0.6) is 5.75 Å². The normalized spacial score (nSPS) is 16.7. The number of rotatable bonds is 5. The summed E-state index contributed by atoms with van der Waals surface area (Å²) in [6.07, 6.45) is 3.38. The van der Waals surface area contributed by atoms with Gasteiger partial charge in [-0.25, -0.2) is 4.79 Å². The van der Waals surface area contributed by atoms with E-state index in [-0.39, 0.29) is 11.9 Å². The second-order valence-corrected chi connectivity index (χ2v) is 7.82. The Hall–Kier alpha value is -2.34. The van der Waals surface area contributed by atoms with Crippen LogP contribution >= 0.6 is 0 Å². The van der Waals surface area contributed by atoms with Crippen molar-refractivity contribution in [3.8, 4) is 5.75 Å². The SMILES string of the molecule is COc1ccc(N[C@@H](C(=O)OC(C)(C)C)C2CCOCC2)c2ncccc12. The highest BCUT2D eigenvalue weighted by Crippen LogP contribution is 2.32. The molecule has 0 spiro atoms. The summed E-state index contributed by atoms with van der Waals surface area (Å²) in [7, 11) is 1.64. The highest BCUT2D eigenvalue weighted by molar-refractivity contribution is 5.96. The molecule has 0 saturated carbocycles. The summed E-state index contributed by atoms with van der Waals surface area (Å²) in [5.41, 5.74) is 1.04. The molecule has 1 saturated heterocycles. The lowest BCUT2D eigenvalue weighted by atomic mass is 9.91. The third-order valence-electron chi connectivity index (χ3n) is 4.66. The van der Waals surface area contributed by atoms with Crippen LogP contribution in [-0.4, -0.2) is 42.9 Å². The summed E-state index contributed by atoms with van der Waals surface area (Å²) >= 11 is 0. The number of nitrogens with zero attached hydrogens (tertiary/aromatic N) is 1. The van der Waals surface area contributed by atoms with Crippen molar-refractivity contribution in [3.63, 3.8) is 0 Å². The van der Waals surface area contributed by atoms with Crippen molar-refractivity contribution in [3.05, 3.63) is 30.5 Å². The number of hydrogen-bond acceptors (Lipinski definition) is 6. The van der Waals surface area contributed by atoms with E-state index in [1.807, 2.05) is 45.0 Å². The Morgan fingerprint density at radius 3 is 2.67 bits per heavy atom. The standard InChI is InChI=1S/C21H28N2O4/c1-21(2,3)27-20(24)18(14-9-12-26-13-10-14)23-16-7-8-17(25-4)15-6-5-11-22-19(15)16/h5-8,11,14,18,23H,9-10,12-13H2,1-4H3/t18-/m1/s1. The monoisotopic (exact) mass is 372 g/mol. The first-order chi connectivity index (χ1) is 12.9. The van der Waals surface area contributed by atoms with Crippen LogP contribution in [0.1, 0.15) is 33.6 Å². The number of ether oxygens (including phenoxy) is 3. The van der Waals surface area contributed by atoms with Gasteiger partial charge in [0, 0.05) is 24.8 Å². The zero-order valence-electron chi connectivity index (χ0n) is 16.5. The summed E-state index contributed by atoms with van der Waals surface area (Å²) in [4.78, 5) is 17.5. The van der Waals surface area contributed by atoms with Gasteiger partial charge in [-0.3, -0.25) is 4.98 Å². The molecule has 1 N–H and O–H groups in total. The number of hydrogen-bond donors (Lipinski definition) is 1. The zero-order valence-corrected chi connectivity index (χ0v) is 16.5. The van der Waals surface area contributed by atoms with E-state index in [1.54, 1.807) is 13.3 Å². The maximum atomic E-state index is 13.0. The lowest BCUT2D eigenvalue weighted by molar-refractivity contribution is -0.157. The molecule has 0 bridgehead atoms. The fourth-order valence-corrected chi connectivity index (χ4v) is 3.39. The molecule has 3 rings (SSSR count).